The molecule has 1 aromatic rings. The van der Waals surface area contributed by atoms with Gasteiger partial charge in [0.25, 0.3) is 0 Å². The van der Waals surface area contributed by atoms with Gasteiger partial charge >= 0.3 is 12.1 Å². The first kappa shape index (κ1) is 22.7. The van der Waals surface area contributed by atoms with Crippen LogP contribution >= 0.6 is 0 Å². The normalized spacial score (nSPS) is 12.7. The first-order valence-electron chi connectivity index (χ1n) is 9.39. The molecule has 27 heavy (non-hydrogen) atoms. The average molecular weight is 377 g/mol. The molecule has 1 atom stereocenters. The van der Waals surface area contributed by atoms with Crippen LogP contribution in [0.3, 0.4) is 0 Å². The van der Waals surface area contributed by atoms with Crippen molar-refractivity contribution in [2.24, 2.45) is 0 Å². The lowest BCUT2D eigenvalue weighted by Crippen LogP contribution is -2.60. The lowest BCUT2D eigenvalue weighted by molar-refractivity contribution is -0.162. The average Bonchev–Trinajstić information content (AvgIpc) is 2.69. The van der Waals surface area contributed by atoms with Gasteiger partial charge < -0.3 is 14.2 Å². The number of benzene rings is 1. The van der Waals surface area contributed by atoms with E-state index in [1.807, 2.05) is 37.3 Å². The lowest BCUT2D eigenvalue weighted by Gasteiger charge is -2.40. The summed E-state index contributed by atoms with van der Waals surface area (Å²) >= 11 is 0. The maximum absolute atomic E-state index is 12.9. The van der Waals surface area contributed by atoms with Gasteiger partial charge in [0.15, 0.2) is 5.54 Å². The Morgan fingerprint density at radius 1 is 1.11 bits per heavy atom. The molecule has 1 amide bonds. The molecule has 6 heteroatoms. The molecular formula is C21H31NO5. The molecule has 0 spiro atoms. The van der Waals surface area contributed by atoms with Crippen LogP contribution in [0.4, 0.5) is 4.79 Å². The second kappa shape index (κ2) is 12.1. The van der Waals surface area contributed by atoms with E-state index in [0.717, 1.165) is 5.56 Å². The topological polar surface area (TPSA) is 65.1 Å². The van der Waals surface area contributed by atoms with Gasteiger partial charge in [-0.3, -0.25) is 4.90 Å². The minimum Gasteiger partial charge on any atom is -0.464 e. The van der Waals surface area contributed by atoms with E-state index in [1.54, 1.807) is 19.9 Å². The fraction of sp³-hybridized carbons (Fsp3) is 0.524. The van der Waals surface area contributed by atoms with E-state index >= 15 is 0 Å². The van der Waals surface area contributed by atoms with Crippen LogP contribution in [-0.4, -0.2) is 48.9 Å². The highest BCUT2D eigenvalue weighted by molar-refractivity contribution is 5.86. The van der Waals surface area contributed by atoms with Crippen molar-refractivity contribution in [3.8, 4) is 0 Å². The summed E-state index contributed by atoms with van der Waals surface area (Å²) in [5, 5.41) is 0. The fourth-order valence-electron chi connectivity index (χ4n) is 2.84. The summed E-state index contributed by atoms with van der Waals surface area (Å²) < 4.78 is 16.3. The molecular weight excluding hydrogens is 346 g/mol. The molecule has 150 valence electrons. The largest absolute Gasteiger partial charge is 0.464 e. The molecule has 1 aromatic carbocycles. The Hall–Kier alpha value is -2.34. The number of hydrogen-bond donors (Lipinski definition) is 0. The maximum Gasteiger partial charge on any atom is 0.411 e. The summed E-state index contributed by atoms with van der Waals surface area (Å²) in [4.78, 5) is 27.1. The van der Waals surface area contributed by atoms with Crippen molar-refractivity contribution in [2.75, 3.05) is 26.4 Å². The summed E-state index contributed by atoms with van der Waals surface area (Å²) in [6.45, 7) is 10.2. The van der Waals surface area contributed by atoms with E-state index < -0.39 is 17.6 Å². The summed E-state index contributed by atoms with van der Waals surface area (Å²) in [7, 11) is 0. The molecule has 6 nitrogen and oxygen atoms in total. The van der Waals surface area contributed by atoms with E-state index in [0.29, 0.717) is 19.4 Å². The second-order valence-electron chi connectivity index (χ2n) is 6.00. The Balaban J connectivity index is 3.08. The van der Waals surface area contributed by atoms with Gasteiger partial charge in [-0.15, -0.1) is 6.58 Å². The molecule has 0 radical (unpaired) electrons. The van der Waals surface area contributed by atoms with E-state index in [9.17, 15) is 9.59 Å². The van der Waals surface area contributed by atoms with Gasteiger partial charge in [0.1, 0.15) is 6.61 Å². The molecule has 0 N–H and O–H groups in total. The molecule has 0 saturated carbocycles. The number of rotatable bonds is 12. The van der Waals surface area contributed by atoms with Crippen LogP contribution in [0.15, 0.2) is 43.0 Å². The number of allylic oxidation sites excluding steroid dienone is 1. The SMILES string of the molecule is C=CCCC(COCC)(C(=O)OCC)N(CC)C(=O)OCc1ccccc1. The number of carbonyl (C=O) groups excluding carboxylic acids is 2. The van der Waals surface area contributed by atoms with Gasteiger partial charge in [-0.1, -0.05) is 36.4 Å². The Labute approximate surface area is 162 Å². The number of esters is 1. The molecule has 0 heterocycles. The third-order valence-electron chi connectivity index (χ3n) is 4.22. The van der Waals surface area contributed by atoms with Gasteiger partial charge in [0, 0.05) is 13.2 Å². The minimum absolute atomic E-state index is 0.0461. The van der Waals surface area contributed by atoms with Crippen LogP contribution in [0.25, 0.3) is 0 Å². The number of amides is 1. The lowest BCUT2D eigenvalue weighted by atomic mass is 9.92. The van der Waals surface area contributed by atoms with Crippen LogP contribution < -0.4 is 0 Å². The van der Waals surface area contributed by atoms with Crippen molar-refractivity contribution < 1.29 is 23.8 Å². The van der Waals surface area contributed by atoms with Crippen LogP contribution in [-0.2, 0) is 25.6 Å². The van der Waals surface area contributed by atoms with E-state index in [-0.39, 0.29) is 26.4 Å². The number of nitrogens with zero attached hydrogens (tertiary/aromatic N) is 1. The van der Waals surface area contributed by atoms with Gasteiger partial charge in [-0.2, -0.15) is 0 Å². The summed E-state index contributed by atoms with van der Waals surface area (Å²) in [5.41, 5.74) is -0.373. The molecule has 0 saturated heterocycles. The van der Waals surface area contributed by atoms with E-state index in [1.165, 1.54) is 4.90 Å². The highest BCUT2D eigenvalue weighted by Gasteiger charge is 2.47. The molecule has 0 bridgehead atoms. The molecule has 0 aliphatic carbocycles. The summed E-state index contributed by atoms with van der Waals surface area (Å²) in [6, 6.07) is 9.40. The Morgan fingerprint density at radius 3 is 2.37 bits per heavy atom. The zero-order valence-electron chi connectivity index (χ0n) is 16.6. The fourth-order valence-corrected chi connectivity index (χ4v) is 2.84. The van der Waals surface area contributed by atoms with Crippen LogP contribution in [0.2, 0.25) is 0 Å². The third kappa shape index (κ3) is 6.40. The van der Waals surface area contributed by atoms with Gasteiger partial charge in [0.2, 0.25) is 0 Å². The highest BCUT2D eigenvalue weighted by atomic mass is 16.6. The van der Waals surface area contributed by atoms with Crippen LogP contribution in [0.5, 0.6) is 0 Å². The second-order valence-corrected chi connectivity index (χ2v) is 6.00. The Kier molecular flexibility index (Phi) is 10.2. The molecule has 1 rings (SSSR count). The number of likely N-dealkylation sites (N-methyl/N-ethyl adjacent to an activating group) is 1. The number of hydrogen-bond acceptors (Lipinski definition) is 5. The first-order valence-corrected chi connectivity index (χ1v) is 9.39. The van der Waals surface area contributed by atoms with Crippen molar-refractivity contribution >= 4 is 12.1 Å². The first-order chi connectivity index (χ1) is 13.1. The number of carbonyl (C=O) groups is 2. The zero-order valence-corrected chi connectivity index (χ0v) is 16.6. The van der Waals surface area contributed by atoms with Crippen molar-refractivity contribution in [3.05, 3.63) is 48.6 Å². The molecule has 1 unspecified atom stereocenters. The Morgan fingerprint density at radius 2 is 1.81 bits per heavy atom. The van der Waals surface area contributed by atoms with Gasteiger partial charge in [-0.25, -0.2) is 9.59 Å². The predicted molar refractivity (Wildman–Crippen MR) is 104 cm³/mol. The van der Waals surface area contributed by atoms with Crippen LogP contribution in [0.1, 0.15) is 39.2 Å². The van der Waals surface area contributed by atoms with Gasteiger partial charge in [0.05, 0.1) is 13.2 Å². The quantitative estimate of drug-likeness (QED) is 0.408. The highest BCUT2D eigenvalue weighted by Crippen LogP contribution is 2.26. The van der Waals surface area contributed by atoms with Crippen molar-refractivity contribution in [1.29, 1.82) is 0 Å². The molecule has 0 fully saturated rings. The zero-order chi connectivity index (χ0) is 20.1. The van der Waals surface area contributed by atoms with Crippen molar-refractivity contribution in [2.45, 2.75) is 45.8 Å². The number of ether oxygens (including phenoxy) is 3. The summed E-state index contributed by atoms with van der Waals surface area (Å²) in [5.74, 6) is -0.487. The van der Waals surface area contributed by atoms with Crippen LogP contribution in [0, 0.1) is 0 Å². The molecule has 0 aromatic heterocycles. The smallest absolute Gasteiger partial charge is 0.411 e. The summed E-state index contributed by atoms with van der Waals surface area (Å²) in [6.07, 6.45) is 2.03. The van der Waals surface area contributed by atoms with E-state index in [4.69, 9.17) is 14.2 Å². The third-order valence-corrected chi connectivity index (χ3v) is 4.22. The van der Waals surface area contributed by atoms with Gasteiger partial charge in [-0.05, 0) is 39.2 Å². The standard InChI is InChI=1S/C21H31NO5/c1-5-9-15-21(17-25-7-3,19(23)26-8-4)22(6-2)20(24)27-16-18-13-11-10-12-14-18/h5,10-14H,1,6-9,15-17H2,2-4H3. The van der Waals surface area contributed by atoms with E-state index in [2.05, 4.69) is 6.58 Å². The predicted octanol–water partition coefficient (Wildman–Crippen LogP) is 3.95. The minimum atomic E-state index is -1.25. The monoisotopic (exact) mass is 377 g/mol. The maximum atomic E-state index is 12.9. The van der Waals surface area contributed by atoms with Crippen molar-refractivity contribution in [3.63, 3.8) is 0 Å². The van der Waals surface area contributed by atoms with Crippen molar-refractivity contribution in [1.82, 2.24) is 4.90 Å². The molecule has 0 aliphatic rings. The Bertz CT molecular complexity index is 589. The molecule has 0 aliphatic heterocycles.